The highest BCUT2D eigenvalue weighted by atomic mass is 15.3. The zero-order valence-electron chi connectivity index (χ0n) is 8.24. The predicted octanol–water partition coefficient (Wildman–Crippen LogP) is -0.525. The number of hydrogen-bond donors (Lipinski definition) is 1. The number of nitrogens with two attached hydrogens (primary N) is 1. The average molecular weight is 182 g/mol. The van der Waals surface area contributed by atoms with Crippen LogP contribution >= 0.6 is 0 Å². The molecular weight excluding hydrogens is 164 g/mol. The Morgan fingerprint density at radius 1 is 1.31 bits per heavy atom. The third-order valence-corrected chi connectivity index (χ3v) is 2.53. The Balaban J connectivity index is 2.22. The van der Waals surface area contributed by atoms with Gasteiger partial charge >= 0.3 is 0 Å². The first-order chi connectivity index (χ1) is 6.26. The van der Waals surface area contributed by atoms with E-state index in [1.54, 1.807) is 0 Å². The Labute approximate surface area is 79.9 Å². The fourth-order valence-electron chi connectivity index (χ4n) is 1.61. The molecule has 0 aliphatic carbocycles. The minimum Gasteiger partial charge on any atom is -0.315 e. The van der Waals surface area contributed by atoms with Crippen molar-refractivity contribution < 1.29 is 0 Å². The van der Waals surface area contributed by atoms with Gasteiger partial charge in [-0.05, 0) is 6.54 Å². The van der Waals surface area contributed by atoms with Gasteiger partial charge in [0.2, 0.25) is 0 Å². The fraction of sp³-hybridized carbons (Fsp3) is 0.889. The van der Waals surface area contributed by atoms with E-state index in [1.165, 1.54) is 0 Å². The molecule has 0 spiro atoms. The SMILES string of the molecule is CCN1CCN(CC(N)C#N)CC1. The molecule has 4 heteroatoms. The minimum absolute atomic E-state index is 0.326. The summed E-state index contributed by atoms with van der Waals surface area (Å²) < 4.78 is 0. The van der Waals surface area contributed by atoms with Crippen molar-refractivity contribution in [2.75, 3.05) is 39.3 Å². The van der Waals surface area contributed by atoms with Gasteiger partial charge in [-0.1, -0.05) is 6.92 Å². The lowest BCUT2D eigenvalue weighted by atomic mass is 10.2. The first kappa shape index (κ1) is 10.5. The zero-order chi connectivity index (χ0) is 9.68. The van der Waals surface area contributed by atoms with Gasteiger partial charge in [-0.15, -0.1) is 0 Å². The van der Waals surface area contributed by atoms with Gasteiger partial charge in [0.05, 0.1) is 6.07 Å². The molecule has 4 nitrogen and oxygen atoms in total. The standard InChI is InChI=1S/C9H18N4/c1-2-12-3-5-13(6-4-12)8-9(11)7-10/h9H,2-6,8,11H2,1H3. The summed E-state index contributed by atoms with van der Waals surface area (Å²) >= 11 is 0. The maximum Gasteiger partial charge on any atom is 0.106 e. The zero-order valence-corrected chi connectivity index (χ0v) is 8.24. The van der Waals surface area contributed by atoms with E-state index in [4.69, 9.17) is 11.0 Å². The normalized spacial score (nSPS) is 22.5. The molecule has 1 rings (SSSR count). The molecule has 0 saturated carbocycles. The molecule has 1 saturated heterocycles. The van der Waals surface area contributed by atoms with Crippen molar-refractivity contribution in [3.63, 3.8) is 0 Å². The fourth-order valence-corrected chi connectivity index (χ4v) is 1.61. The molecule has 1 atom stereocenters. The van der Waals surface area contributed by atoms with Gasteiger partial charge in [0.15, 0.2) is 0 Å². The van der Waals surface area contributed by atoms with Crippen LogP contribution in [0, 0.1) is 11.3 Å². The van der Waals surface area contributed by atoms with E-state index in [1.807, 2.05) is 0 Å². The first-order valence-corrected chi connectivity index (χ1v) is 4.86. The number of hydrogen-bond acceptors (Lipinski definition) is 4. The molecule has 1 aliphatic rings. The van der Waals surface area contributed by atoms with Crippen LogP contribution in [0.15, 0.2) is 0 Å². The molecule has 1 unspecified atom stereocenters. The van der Waals surface area contributed by atoms with E-state index >= 15 is 0 Å². The van der Waals surface area contributed by atoms with Crippen LogP contribution in [-0.2, 0) is 0 Å². The van der Waals surface area contributed by atoms with Gasteiger partial charge in [0, 0.05) is 32.7 Å². The third-order valence-electron chi connectivity index (χ3n) is 2.53. The highest BCUT2D eigenvalue weighted by Gasteiger charge is 2.16. The number of rotatable bonds is 3. The van der Waals surface area contributed by atoms with Crippen LogP contribution in [0.5, 0.6) is 0 Å². The molecule has 0 radical (unpaired) electrons. The second kappa shape index (κ2) is 5.18. The topological polar surface area (TPSA) is 56.3 Å². The van der Waals surface area contributed by atoms with Crippen molar-refractivity contribution in [3.8, 4) is 6.07 Å². The van der Waals surface area contributed by atoms with Crippen molar-refractivity contribution in [3.05, 3.63) is 0 Å². The Hall–Kier alpha value is -0.630. The summed E-state index contributed by atoms with van der Waals surface area (Å²) in [6.07, 6.45) is 0. The molecule has 1 heterocycles. The second-order valence-electron chi connectivity index (χ2n) is 3.47. The maximum atomic E-state index is 8.55. The summed E-state index contributed by atoms with van der Waals surface area (Å²) in [4.78, 5) is 4.68. The number of nitrogens with zero attached hydrogens (tertiary/aromatic N) is 3. The lowest BCUT2D eigenvalue weighted by Crippen LogP contribution is -2.49. The average Bonchev–Trinajstić information content (AvgIpc) is 2.19. The Morgan fingerprint density at radius 3 is 2.31 bits per heavy atom. The van der Waals surface area contributed by atoms with E-state index in [9.17, 15) is 0 Å². The summed E-state index contributed by atoms with van der Waals surface area (Å²) in [6, 6.07) is 1.73. The van der Waals surface area contributed by atoms with Gasteiger partial charge in [-0.2, -0.15) is 5.26 Å². The van der Waals surface area contributed by atoms with Crippen LogP contribution in [0.3, 0.4) is 0 Å². The summed E-state index contributed by atoms with van der Waals surface area (Å²) in [5.41, 5.74) is 5.55. The number of piperazine rings is 1. The second-order valence-corrected chi connectivity index (χ2v) is 3.47. The first-order valence-electron chi connectivity index (χ1n) is 4.86. The summed E-state index contributed by atoms with van der Waals surface area (Å²) in [6.45, 7) is 8.32. The molecule has 1 aliphatic heterocycles. The van der Waals surface area contributed by atoms with Gasteiger partial charge in [-0.3, -0.25) is 4.90 Å². The van der Waals surface area contributed by atoms with E-state index in [0.29, 0.717) is 6.54 Å². The van der Waals surface area contributed by atoms with Crippen LogP contribution < -0.4 is 5.73 Å². The summed E-state index contributed by atoms with van der Waals surface area (Å²) in [5, 5.41) is 8.55. The Kier molecular flexibility index (Phi) is 4.16. The quantitative estimate of drug-likeness (QED) is 0.638. The Bertz CT molecular complexity index is 179. The van der Waals surface area contributed by atoms with E-state index in [-0.39, 0.29) is 6.04 Å². The molecular formula is C9H18N4. The molecule has 0 aromatic heterocycles. The van der Waals surface area contributed by atoms with Crippen LogP contribution in [0.1, 0.15) is 6.92 Å². The van der Waals surface area contributed by atoms with Crippen LogP contribution in [0.4, 0.5) is 0 Å². The summed E-state index contributed by atoms with van der Waals surface area (Å²) in [5.74, 6) is 0. The van der Waals surface area contributed by atoms with Crippen LogP contribution in [0.2, 0.25) is 0 Å². The molecule has 0 amide bonds. The predicted molar refractivity (Wildman–Crippen MR) is 52.1 cm³/mol. The van der Waals surface area contributed by atoms with Crippen molar-refractivity contribution in [1.82, 2.24) is 9.80 Å². The molecule has 0 aromatic carbocycles. The molecule has 0 aromatic rings. The lowest BCUT2D eigenvalue weighted by Gasteiger charge is -2.34. The molecule has 0 bridgehead atoms. The van der Waals surface area contributed by atoms with Crippen molar-refractivity contribution in [1.29, 1.82) is 5.26 Å². The maximum absolute atomic E-state index is 8.55. The van der Waals surface area contributed by atoms with Gasteiger partial charge in [-0.25, -0.2) is 0 Å². The van der Waals surface area contributed by atoms with Crippen molar-refractivity contribution in [2.24, 2.45) is 5.73 Å². The van der Waals surface area contributed by atoms with Crippen molar-refractivity contribution in [2.45, 2.75) is 13.0 Å². The smallest absolute Gasteiger partial charge is 0.106 e. The van der Waals surface area contributed by atoms with Crippen molar-refractivity contribution >= 4 is 0 Å². The molecule has 2 N–H and O–H groups in total. The van der Waals surface area contributed by atoms with E-state index in [0.717, 1.165) is 32.7 Å². The van der Waals surface area contributed by atoms with Crippen LogP contribution in [-0.4, -0.2) is 55.1 Å². The molecule has 13 heavy (non-hydrogen) atoms. The summed E-state index contributed by atoms with van der Waals surface area (Å²) in [7, 11) is 0. The van der Waals surface area contributed by atoms with Crippen LogP contribution in [0.25, 0.3) is 0 Å². The molecule has 1 fully saturated rings. The minimum atomic E-state index is -0.326. The van der Waals surface area contributed by atoms with E-state index in [2.05, 4.69) is 22.8 Å². The molecule has 74 valence electrons. The third kappa shape index (κ3) is 3.31. The number of likely N-dealkylation sites (N-methyl/N-ethyl adjacent to an activating group) is 1. The lowest BCUT2D eigenvalue weighted by molar-refractivity contribution is 0.136. The number of nitriles is 1. The van der Waals surface area contributed by atoms with Gasteiger partial charge < -0.3 is 10.6 Å². The largest absolute Gasteiger partial charge is 0.315 e. The monoisotopic (exact) mass is 182 g/mol. The highest BCUT2D eigenvalue weighted by molar-refractivity contribution is 4.89. The Morgan fingerprint density at radius 2 is 1.85 bits per heavy atom. The van der Waals surface area contributed by atoms with Gasteiger partial charge in [0.25, 0.3) is 0 Å². The van der Waals surface area contributed by atoms with Gasteiger partial charge in [0.1, 0.15) is 6.04 Å². The van der Waals surface area contributed by atoms with E-state index < -0.39 is 0 Å². The highest BCUT2D eigenvalue weighted by Crippen LogP contribution is 2.00.